The van der Waals surface area contributed by atoms with E-state index >= 15 is 0 Å². The van der Waals surface area contributed by atoms with Crippen LogP contribution in [-0.4, -0.2) is 34.0 Å². The SMILES string of the molecule is COc1ccc(C2(O)OC(=O)C(c3ccc4nsnc4c3)=C2CC2CCCCC2)cc1OC. The van der Waals surface area contributed by atoms with E-state index in [4.69, 9.17) is 14.2 Å². The fourth-order valence-electron chi connectivity index (χ4n) is 4.97. The number of carbonyl (C=O) groups excluding carboxylic acids is 1. The lowest BCUT2D eigenvalue weighted by molar-refractivity contribution is -0.185. The number of nitrogens with zero attached hydrogens (tertiary/aromatic N) is 2. The third-order valence-electron chi connectivity index (χ3n) is 6.69. The molecule has 1 fully saturated rings. The Morgan fingerprint density at radius 3 is 2.55 bits per heavy atom. The second kappa shape index (κ2) is 8.76. The maximum atomic E-state index is 13.2. The van der Waals surface area contributed by atoms with Crippen LogP contribution in [0.2, 0.25) is 0 Å². The number of benzene rings is 2. The van der Waals surface area contributed by atoms with Crippen molar-refractivity contribution in [3.63, 3.8) is 0 Å². The molecule has 2 aromatic carbocycles. The summed E-state index contributed by atoms with van der Waals surface area (Å²) in [5.41, 5.74) is 3.62. The molecule has 1 unspecified atom stereocenters. The zero-order chi connectivity index (χ0) is 23.0. The molecule has 1 atom stereocenters. The van der Waals surface area contributed by atoms with Crippen molar-refractivity contribution < 1.29 is 24.1 Å². The lowest BCUT2D eigenvalue weighted by Crippen LogP contribution is -2.30. The van der Waals surface area contributed by atoms with Crippen LogP contribution in [0.15, 0.2) is 42.0 Å². The first-order valence-electron chi connectivity index (χ1n) is 11.2. The molecular formula is C25H26N2O5S. The van der Waals surface area contributed by atoms with Gasteiger partial charge in [-0.3, -0.25) is 0 Å². The highest BCUT2D eigenvalue weighted by atomic mass is 32.1. The molecular weight excluding hydrogens is 440 g/mol. The molecule has 1 aromatic heterocycles. The number of hydrogen-bond acceptors (Lipinski definition) is 8. The number of aromatic nitrogens is 2. The van der Waals surface area contributed by atoms with Crippen LogP contribution >= 0.6 is 11.7 Å². The molecule has 2 heterocycles. The number of carbonyl (C=O) groups is 1. The summed E-state index contributed by atoms with van der Waals surface area (Å²) in [6.07, 6.45) is 6.27. The number of esters is 1. The highest BCUT2D eigenvalue weighted by Gasteiger charge is 2.49. The van der Waals surface area contributed by atoms with Gasteiger partial charge in [-0.2, -0.15) is 8.75 Å². The van der Waals surface area contributed by atoms with E-state index in [1.165, 1.54) is 13.5 Å². The first kappa shape index (κ1) is 21.9. The molecule has 1 N–H and O–H groups in total. The van der Waals surface area contributed by atoms with Crippen LogP contribution in [-0.2, 0) is 15.3 Å². The van der Waals surface area contributed by atoms with Crippen molar-refractivity contribution in [1.29, 1.82) is 0 Å². The first-order chi connectivity index (χ1) is 16.0. The van der Waals surface area contributed by atoms with E-state index < -0.39 is 11.8 Å². The molecule has 1 aliphatic carbocycles. The van der Waals surface area contributed by atoms with Crippen molar-refractivity contribution in [2.24, 2.45) is 5.92 Å². The predicted octanol–water partition coefficient (Wildman–Crippen LogP) is 4.83. The van der Waals surface area contributed by atoms with Gasteiger partial charge in [-0.1, -0.05) is 38.2 Å². The Labute approximate surface area is 196 Å². The van der Waals surface area contributed by atoms with Gasteiger partial charge in [-0.15, -0.1) is 0 Å². The molecule has 0 saturated heterocycles. The van der Waals surface area contributed by atoms with Gasteiger partial charge in [-0.05, 0) is 48.2 Å². The molecule has 7 nitrogen and oxygen atoms in total. The lowest BCUT2D eigenvalue weighted by atomic mass is 9.80. The Balaban J connectivity index is 1.65. The average Bonchev–Trinajstić information content (AvgIpc) is 3.41. The maximum absolute atomic E-state index is 13.2. The Kier molecular flexibility index (Phi) is 5.80. The van der Waals surface area contributed by atoms with Crippen LogP contribution in [0.5, 0.6) is 11.5 Å². The van der Waals surface area contributed by atoms with Crippen molar-refractivity contribution in [3.05, 3.63) is 53.1 Å². The minimum atomic E-state index is -1.88. The number of hydrogen-bond donors (Lipinski definition) is 1. The molecule has 8 heteroatoms. The minimum absolute atomic E-state index is 0.384. The summed E-state index contributed by atoms with van der Waals surface area (Å²) < 4.78 is 25.1. The zero-order valence-electron chi connectivity index (χ0n) is 18.7. The highest BCUT2D eigenvalue weighted by Crippen LogP contribution is 2.48. The molecule has 3 aromatic rings. The van der Waals surface area contributed by atoms with Crippen LogP contribution in [0, 0.1) is 5.92 Å². The summed E-state index contributed by atoms with van der Waals surface area (Å²) in [6.45, 7) is 0. The van der Waals surface area contributed by atoms with Gasteiger partial charge in [0.05, 0.1) is 31.5 Å². The molecule has 0 amide bonds. The number of methoxy groups -OCH3 is 2. The van der Waals surface area contributed by atoms with Gasteiger partial charge < -0.3 is 19.3 Å². The summed E-state index contributed by atoms with van der Waals surface area (Å²) in [7, 11) is 3.09. The molecule has 0 radical (unpaired) electrons. The number of aliphatic hydroxyl groups is 1. The number of fused-ring (bicyclic) bond motifs is 1. The summed E-state index contributed by atoms with van der Waals surface area (Å²) in [5, 5.41) is 11.9. The molecule has 1 aliphatic heterocycles. The summed E-state index contributed by atoms with van der Waals surface area (Å²) in [4.78, 5) is 13.2. The zero-order valence-corrected chi connectivity index (χ0v) is 19.5. The van der Waals surface area contributed by atoms with Crippen molar-refractivity contribution in [2.45, 2.75) is 44.3 Å². The van der Waals surface area contributed by atoms with Crippen LogP contribution in [0.25, 0.3) is 16.6 Å². The number of rotatable bonds is 6. The van der Waals surface area contributed by atoms with E-state index in [0.29, 0.717) is 46.1 Å². The van der Waals surface area contributed by atoms with Crippen molar-refractivity contribution >= 4 is 34.3 Å². The van der Waals surface area contributed by atoms with Crippen LogP contribution in [0.1, 0.15) is 49.7 Å². The van der Waals surface area contributed by atoms with E-state index in [1.807, 2.05) is 18.2 Å². The highest BCUT2D eigenvalue weighted by molar-refractivity contribution is 7.00. The van der Waals surface area contributed by atoms with Crippen molar-refractivity contribution in [3.8, 4) is 11.5 Å². The van der Waals surface area contributed by atoms with Gasteiger partial charge in [0.1, 0.15) is 11.0 Å². The Bertz CT molecular complexity index is 1230. The summed E-state index contributed by atoms with van der Waals surface area (Å²) >= 11 is 1.13. The van der Waals surface area contributed by atoms with E-state index in [2.05, 4.69) is 8.75 Å². The van der Waals surface area contributed by atoms with E-state index in [1.54, 1.807) is 25.3 Å². The predicted molar refractivity (Wildman–Crippen MR) is 125 cm³/mol. The summed E-state index contributed by atoms with van der Waals surface area (Å²) in [6, 6.07) is 10.6. The van der Waals surface area contributed by atoms with Gasteiger partial charge in [0.15, 0.2) is 11.5 Å². The van der Waals surface area contributed by atoms with E-state index in [-0.39, 0.29) is 0 Å². The number of ether oxygens (including phenoxy) is 3. The lowest BCUT2D eigenvalue weighted by Gasteiger charge is -2.30. The molecule has 0 bridgehead atoms. The minimum Gasteiger partial charge on any atom is -0.493 e. The van der Waals surface area contributed by atoms with Gasteiger partial charge in [0, 0.05) is 11.1 Å². The fraction of sp³-hybridized carbons (Fsp3) is 0.400. The molecule has 2 aliphatic rings. The van der Waals surface area contributed by atoms with E-state index in [9.17, 15) is 9.90 Å². The standard InChI is InChI=1S/C25H26N2O5S/c1-30-21-11-9-17(14-22(21)31-2)25(29)18(12-15-6-4-3-5-7-15)23(24(28)32-25)16-8-10-19-20(13-16)27-33-26-19/h8-11,13-15,29H,3-7,12H2,1-2H3. The Morgan fingerprint density at radius 2 is 1.79 bits per heavy atom. The van der Waals surface area contributed by atoms with Crippen molar-refractivity contribution in [1.82, 2.24) is 8.75 Å². The Hall–Kier alpha value is -2.97. The Morgan fingerprint density at radius 1 is 1.03 bits per heavy atom. The topological polar surface area (TPSA) is 90.8 Å². The fourth-order valence-corrected chi connectivity index (χ4v) is 5.49. The van der Waals surface area contributed by atoms with Crippen LogP contribution in [0.3, 0.4) is 0 Å². The van der Waals surface area contributed by atoms with Gasteiger partial charge >= 0.3 is 5.97 Å². The molecule has 0 spiro atoms. The smallest absolute Gasteiger partial charge is 0.341 e. The molecule has 172 valence electrons. The van der Waals surface area contributed by atoms with E-state index in [0.717, 1.165) is 48.4 Å². The van der Waals surface area contributed by atoms with Gasteiger partial charge in [0.25, 0.3) is 5.79 Å². The largest absolute Gasteiger partial charge is 0.493 e. The van der Waals surface area contributed by atoms with Gasteiger partial charge in [0.2, 0.25) is 0 Å². The normalized spacial score (nSPS) is 21.5. The third kappa shape index (κ3) is 3.87. The first-order valence-corrected chi connectivity index (χ1v) is 11.9. The average molecular weight is 467 g/mol. The van der Waals surface area contributed by atoms with Crippen LogP contribution < -0.4 is 9.47 Å². The molecule has 33 heavy (non-hydrogen) atoms. The third-order valence-corrected chi connectivity index (χ3v) is 7.25. The summed E-state index contributed by atoms with van der Waals surface area (Å²) in [5.74, 6) is -1.04. The molecule has 5 rings (SSSR count). The monoisotopic (exact) mass is 466 g/mol. The maximum Gasteiger partial charge on any atom is 0.341 e. The van der Waals surface area contributed by atoms with Crippen molar-refractivity contribution in [2.75, 3.05) is 14.2 Å². The van der Waals surface area contributed by atoms with Gasteiger partial charge in [-0.25, -0.2) is 4.79 Å². The second-order valence-electron chi connectivity index (χ2n) is 8.63. The second-order valence-corrected chi connectivity index (χ2v) is 9.16. The van der Waals surface area contributed by atoms with Crippen LogP contribution in [0.4, 0.5) is 0 Å². The number of cyclic esters (lactones) is 1. The quantitative estimate of drug-likeness (QED) is 0.520. The molecule has 1 saturated carbocycles.